The SMILES string of the molecule is Cc1c(F)cccc1S(=O)(=O)N[C@H]1CCC[C@@H]1CN. The Morgan fingerprint density at radius 2 is 2.16 bits per heavy atom. The van der Waals surface area contributed by atoms with Gasteiger partial charge in [-0.2, -0.15) is 0 Å². The van der Waals surface area contributed by atoms with Crippen molar-refractivity contribution >= 4 is 10.0 Å². The fourth-order valence-corrected chi connectivity index (χ4v) is 4.21. The van der Waals surface area contributed by atoms with Gasteiger partial charge in [-0.05, 0) is 44.4 Å². The summed E-state index contributed by atoms with van der Waals surface area (Å²) < 4.78 is 40.7. The second kappa shape index (κ2) is 5.56. The van der Waals surface area contributed by atoms with E-state index in [1.165, 1.54) is 25.1 Å². The Labute approximate surface area is 113 Å². The third-order valence-corrected chi connectivity index (χ3v) is 5.41. The molecular formula is C13H19FN2O2S. The summed E-state index contributed by atoms with van der Waals surface area (Å²) in [5.41, 5.74) is 5.79. The highest BCUT2D eigenvalue weighted by atomic mass is 32.2. The molecule has 0 unspecified atom stereocenters. The van der Waals surface area contributed by atoms with Crippen LogP contribution in [0.4, 0.5) is 4.39 Å². The molecule has 0 heterocycles. The Morgan fingerprint density at radius 1 is 1.42 bits per heavy atom. The number of nitrogens with two attached hydrogens (primary N) is 1. The molecule has 2 rings (SSSR count). The number of hydrogen-bond acceptors (Lipinski definition) is 3. The standard InChI is InChI=1S/C13H19FN2O2S/c1-9-11(14)5-3-7-13(9)19(17,18)16-12-6-2-4-10(12)8-15/h3,5,7,10,12,16H,2,4,6,8,15H2,1H3/t10-,12+/m1/s1. The van der Waals surface area contributed by atoms with E-state index in [-0.39, 0.29) is 22.4 Å². The van der Waals surface area contributed by atoms with Crippen LogP contribution in [0.25, 0.3) is 0 Å². The van der Waals surface area contributed by atoms with Crippen LogP contribution in [0.1, 0.15) is 24.8 Å². The van der Waals surface area contributed by atoms with Crippen LogP contribution in [0.3, 0.4) is 0 Å². The first-order chi connectivity index (χ1) is 8.95. The van der Waals surface area contributed by atoms with Crippen LogP contribution in [0, 0.1) is 18.7 Å². The Balaban J connectivity index is 2.25. The molecule has 0 saturated heterocycles. The maximum absolute atomic E-state index is 13.5. The molecule has 0 radical (unpaired) electrons. The average molecular weight is 286 g/mol. The molecule has 0 aliphatic heterocycles. The summed E-state index contributed by atoms with van der Waals surface area (Å²) in [5.74, 6) is -0.340. The molecule has 1 saturated carbocycles. The summed E-state index contributed by atoms with van der Waals surface area (Å²) in [7, 11) is -3.69. The number of hydrogen-bond donors (Lipinski definition) is 2. The van der Waals surface area contributed by atoms with Gasteiger partial charge < -0.3 is 5.73 Å². The van der Waals surface area contributed by atoms with Crippen LogP contribution in [0.15, 0.2) is 23.1 Å². The van der Waals surface area contributed by atoms with Crippen molar-refractivity contribution in [1.82, 2.24) is 4.72 Å². The van der Waals surface area contributed by atoms with E-state index in [1.807, 2.05) is 0 Å². The molecule has 1 aromatic carbocycles. The van der Waals surface area contributed by atoms with E-state index < -0.39 is 15.8 Å². The molecule has 3 N–H and O–H groups in total. The predicted octanol–water partition coefficient (Wildman–Crippen LogP) is 1.54. The molecule has 1 aliphatic carbocycles. The summed E-state index contributed by atoms with van der Waals surface area (Å²) in [5, 5.41) is 0. The fourth-order valence-electron chi connectivity index (χ4n) is 2.62. The first-order valence-electron chi connectivity index (χ1n) is 6.43. The monoisotopic (exact) mass is 286 g/mol. The van der Waals surface area contributed by atoms with Crippen molar-refractivity contribution in [2.24, 2.45) is 11.7 Å². The van der Waals surface area contributed by atoms with Crippen molar-refractivity contribution in [2.45, 2.75) is 37.1 Å². The molecule has 0 bridgehead atoms. The minimum atomic E-state index is -3.69. The van der Waals surface area contributed by atoms with Gasteiger partial charge in [0.1, 0.15) is 5.82 Å². The van der Waals surface area contributed by atoms with E-state index in [9.17, 15) is 12.8 Å². The molecule has 0 amide bonds. The maximum atomic E-state index is 13.5. The number of benzene rings is 1. The van der Waals surface area contributed by atoms with Crippen LogP contribution in [-0.2, 0) is 10.0 Å². The normalized spacial score (nSPS) is 23.7. The smallest absolute Gasteiger partial charge is 0.241 e. The van der Waals surface area contributed by atoms with Crippen molar-refractivity contribution in [3.8, 4) is 0 Å². The topological polar surface area (TPSA) is 72.2 Å². The van der Waals surface area contributed by atoms with E-state index in [0.717, 1.165) is 19.3 Å². The summed E-state index contributed by atoms with van der Waals surface area (Å²) >= 11 is 0. The molecular weight excluding hydrogens is 267 g/mol. The van der Waals surface area contributed by atoms with Crippen molar-refractivity contribution in [1.29, 1.82) is 0 Å². The van der Waals surface area contributed by atoms with Gasteiger partial charge in [-0.3, -0.25) is 0 Å². The Hall–Kier alpha value is -0.980. The zero-order chi connectivity index (χ0) is 14.0. The zero-order valence-corrected chi connectivity index (χ0v) is 11.7. The van der Waals surface area contributed by atoms with Crippen LogP contribution in [-0.4, -0.2) is 21.0 Å². The third-order valence-electron chi connectivity index (χ3n) is 3.78. The second-order valence-corrected chi connectivity index (χ2v) is 6.70. The van der Waals surface area contributed by atoms with Crippen LogP contribution < -0.4 is 10.5 Å². The van der Waals surface area contributed by atoms with Crippen molar-refractivity contribution in [2.75, 3.05) is 6.54 Å². The first-order valence-corrected chi connectivity index (χ1v) is 7.91. The van der Waals surface area contributed by atoms with E-state index in [0.29, 0.717) is 6.54 Å². The van der Waals surface area contributed by atoms with Crippen molar-refractivity contribution < 1.29 is 12.8 Å². The number of nitrogens with one attached hydrogen (secondary N) is 1. The molecule has 4 nitrogen and oxygen atoms in total. The molecule has 106 valence electrons. The van der Waals surface area contributed by atoms with E-state index >= 15 is 0 Å². The van der Waals surface area contributed by atoms with Crippen molar-refractivity contribution in [3.63, 3.8) is 0 Å². The van der Waals surface area contributed by atoms with Gasteiger partial charge in [0.2, 0.25) is 10.0 Å². The molecule has 1 aliphatic rings. The lowest BCUT2D eigenvalue weighted by Gasteiger charge is -2.20. The molecule has 0 aromatic heterocycles. The summed E-state index contributed by atoms with van der Waals surface area (Å²) in [4.78, 5) is 0.00942. The third kappa shape index (κ3) is 2.96. The van der Waals surface area contributed by atoms with E-state index in [1.54, 1.807) is 0 Å². The first kappa shape index (κ1) is 14.4. The molecule has 2 atom stereocenters. The molecule has 19 heavy (non-hydrogen) atoms. The van der Waals surface area contributed by atoms with Crippen LogP contribution in [0.5, 0.6) is 0 Å². The summed E-state index contributed by atoms with van der Waals surface area (Å²) in [6.45, 7) is 1.94. The molecule has 6 heteroatoms. The Morgan fingerprint density at radius 3 is 2.84 bits per heavy atom. The lowest BCUT2D eigenvalue weighted by atomic mass is 10.1. The minimum absolute atomic E-state index is 0.00942. The molecule has 0 spiro atoms. The van der Waals surface area contributed by atoms with Gasteiger partial charge in [0.25, 0.3) is 0 Å². The Kier molecular flexibility index (Phi) is 4.23. The largest absolute Gasteiger partial charge is 0.330 e. The van der Waals surface area contributed by atoms with Gasteiger partial charge in [-0.25, -0.2) is 17.5 Å². The Bertz CT molecular complexity index is 560. The minimum Gasteiger partial charge on any atom is -0.330 e. The predicted molar refractivity (Wildman–Crippen MR) is 71.6 cm³/mol. The lowest BCUT2D eigenvalue weighted by molar-refractivity contribution is 0.452. The quantitative estimate of drug-likeness (QED) is 0.882. The van der Waals surface area contributed by atoms with Gasteiger partial charge in [0.05, 0.1) is 4.90 Å². The highest BCUT2D eigenvalue weighted by Crippen LogP contribution is 2.27. The summed E-state index contributed by atoms with van der Waals surface area (Å²) in [6, 6.07) is 3.95. The molecule has 1 aromatic rings. The lowest BCUT2D eigenvalue weighted by Crippen LogP contribution is -2.40. The van der Waals surface area contributed by atoms with Crippen LogP contribution in [0.2, 0.25) is 0 Å². The number of sulfonamides is 1. The maximum Gasteiger partial charge on any atom is 0.241 e. The van der Waals surface area contributed by atoms with Crippen LogP contribution >= 0.6 is 0 Å². The second-order valence-electron chi connectivity index (χ2n) is 5.02. The van der Waals surface area contributed by atoms with E-state index in [2.05, 4.69) is 4.72 Å². The van der Waals surface area contributed by atoms with Gasteiger partial charge in [0.15, 0.2) is 0 Å². The number of halogens is 1. The highest BCUT2D eigenvalue weighted by molar-refractivity contribution is 7.89. The van der Waals surface area contributed by atoms with E-state index in [4.69, 9.17) is 5.73 Å². The summed E-state index contributed by atoms with van der Waals surface area (Å²) in [6.07, 6.45) is 2.69. The molecule has 1 fully saturated rings. The van der Waals surface area contributed by atoms with Crippen molar-refractivity contribution in [3.05, 3.63) is 29.6 Å². The average Bonchev–Trinajstić information content (AvgIpc) is 2.78. The van der Waals surface area contributed by atoms with Gasteiger partial charge in [-0.1, -0.05) is 12.5 Å². The van der Waals surface area contributed by atoms with Gasteiger partial charge >= 0.3 is 0 Å². The van der Waals surface area contributed by atoms with Gasteiger partial charge in [-0.15, -0.1) is 0 Å². The zero-order valence-electron chi connectivity index (χ0n) is 10.9. The fraction of sp³-hybridized carbons (Fsp3) is 0.538. The highest BCUT2D eigenvalue weighted by Gasteiger charge is 2.31. The number of rotatable bonds is 4. The van der Waals surface area contributed by atoms with Gasteiger partial charge in [0, 0.05) is 11.6 Å².